The monoisotopic (exact) mass is 384 g/mol. The van der Waals surface area contributed by atoms with E-state index in [0.29, 0.717) is 6.04 Å². The lowest BCUT2D eigenvalue weighted by atomic mass is 9.82. The first-order valence-electron chi connectivity index (χ1n) is 8.81. The SMILES string of the molecule is Brc1ccc2c(c1)OC(c1ccccc1)N2C1CN2CCC1CC2. The highest BCUT2D eigenvalue weighted by molar-refractivity contribution is 9.10. The van der Waals surface area contributed by atoms with Crippen LogP contribution in [-0.2, 0) is 0 Å². The first-order valence-corrected chi connectivity index (χ1v) is 9.61. The van der Waals surface area contributed by atoms with Crippen molar-refractivity contribution in [3.8, 4) is 5.75 Å². The molecule has 0 N–H and O–H groups in total. The Kier molecular flexibility index (Phi) is 3.56. The molecule has 2 bridgehead atoms. The highest BCUT2D eigenvalue weighted by Gasteiger charge is 2.44. The molecule has 0 aliphatic carbocycles. The maximum Gasteiger partial charge on any atom is 0.199 e. The zero-order chi connectivity index (χ0) is 16.1. The molecule has 3 saturated heterocycles. The summed E-state index contributed by atoms with van der Waals surface area (Å²) < 4.78 is 7.50. The highest BCUT2D eigenvalue weighted by atomic mass is 79.9. The zero-order valence-corrected chi connectivity index (χ0v) is 15.2. The van der Waals surface area contributed by atoms with Gasteiger partial charge in [-0.2, -0.15) is 0 Å². The summed E-state index contributed by atoms with van der Waals surface area (Å²) in [5.74, 6) is 1.77. The van der Waals surface area contributed by atoms with Gasteiger partial charge in [0.1, 0.15) is 5.75 Å². The molecule has 2 atom stereocenters. The minimum absolute atomic E-state index is 0.0129. The van der Waals surface area contributed by atoms with Crippen LogP contribution in [0.25, 0.3) is 0 Å². The van der Waals surface area contributed by atoms with Gasteiger partial charge in [-0.25, -0.2) is 0 Å². The first-order chi connectivity index (χ1) is 11.8. The predicted molar refractivity (Wildman–Crippen MR) is 99.4 cm³/mol. The Morgan fingerprint density at radius 3 is 2.50 bits per heavy atom. The summed E-state index contributed by atoms with van der Waals surface area (Å²) in [5, 5.41) is 0. The molecule has 3 nitrogen and oxygen atoms in total. The van der Waals surface area contributed by atoms with Gasteiger partial charge in [0.25, 0.3) is 0 Å². The number of piperidine rings is 3. The van der Waals surface area contributed by atoms with E-state index in [4.69, 9.17) is 4.74 Å². The molecular weight excluding hydrogens is 364 g/mol. The smallest absolute Gasteiger partial charge is 0.199 e. The van der Waals surface area contributed by atoms with Crippen molar-refractivity contribution in [2.24, 2.45) is 5.92 Å². The Morgan fingerprint density at radius 1 is 1.00 bits per heavy atom. The summed E-state index contributed by atoms with van der Waals surface area (Å²) in [6, 6.07) is 17.6. The molecule has 4 heterocycles. The Morgan fingerprint density at radius 2 is 1.79 bits per heavy atom. The summed E-state index contributed by atoms with van der Waals surface area (Å²) in [4.78, 5) is 5.16. The Hall–Kier alpha value is -1.52. The van der Waals surface area contributed by atoms with Crippen molar-refractivity contribution >= 4 is 21.6 Å². The first kappa shape index (κ1) is 14.8. The second kappa shape index (κ2) is 5.78. The fourth-order valence-corrected chi connectivity index (χ4v) is 4.89. The number of anilines is 1. The maximum atomic E-state index is 6.42. The minimum atomic E-state index is -0.0129. The van der Waals surface area contributed by atoms with Crippen LogP contribution in [0.3, 0.4) is 0 Å². The van der Waals surface area contributed by atoms with Gasteiger partial charge >= 0.3 is 0 Å². The molecule has 0 radical (unpaired) electrons. The van der Waals surface area contributed by atoms with Crippen molar-refractivity contribution in [3.05, 3.63) is 58.6 Å². The van der Waals surface area contributed by atoms with Gasteiger partial charge in [-0.05, 0) is 50.0 Å². The number of ether oxygens (including phenoxy) is 1. The van der Waals surface area contributed by atoms with Crippen LogP contribution in [-0.4, -0.2) is 30.6 Å². The van der Waals surface area contributed by atoms with Crippen LogP contribution in [0.15, 0.2) is 53.0 Å². The normalized spacial score (nSPS) is 31.0. The average Bonchev–Trinajstić information content (AvgIpc) is 3.01. The van der Waals surface area contributed by atoms with Crippen molar-refractivity contribution in [1.29, 1.82) is 0 Å². The van der Waals surface area contributed by atoms with E-state index in [0.717, 1.165) is 22.7 Å². The molecule has 124 valence electrons. The third-order valence-corrected chi connectivity index (χ3v) is 6.25. The van der Waals surface area contributed by atoms with Gasteiger partial charge in [-0.15, -0.1) is 0 Å². The summed E-state index contributed by atoms with van der Waals surface area (Å²) in [7, 11) is 0. The molecular formula is C20H21BrN2O. The van der Waals surface area contributed by atoms with Crippen LogP contribution in [0.2, 0.25) is 0 Å². The molecule has 24 heavy (non-hydrogen) atoms. The van der Waals surface area contributed by atoms with Crippen LogP contribution in [0, 0.1) is 5.92 Å². The van der Waals surface area contributed by atoms with E-state index in [2.05, 4.69) is 74.3 Å². The van der Waals surface area contributed by atoms with Gasteiger partial charge in [0, 0.05) is 22.6 Å². The number of benzene rings is 2. The average molecular weight is 385 g/mol. The molecule has 6 rings (SSSR count). The molecule has 3 fully saturated rings. The summed E-state index contributed by atoms with van der Waals surface area (Å²) in [6.45, 7) is 3.69. The van der Waals surface area contributed by atoms with Gasteiger partial charge < -0.3 is 14.5 Å². The zero-order valence-electron chi connectivity index (χ0n) is 13.6. The summed E-state index contributed by atoms with van der Waals surface area (Å²) in [5.41, 5.74) is 2.48. The molecule has 2 unspecified atom stereocenters. The maximum absolute atomic E-state index is 6.42. The fraction of sp³-hybridized carbons (Fsp3) is 0.400. The second-order valence-electron chi connectivity index (χ2n) is 7.11. The van der Waals surface area contributed by atoms with Crippen LogP contribution < -0.4 is 9.64 Å². The van der Waals surface area contributed by atoms with Crippen molar-refractivity contribution in [1.82, 2.24) is 4.90 Å². The van der Waals surface area contributed by atoms with Crippen molar-refractivity contribution < 1.29 is 4.74 Å². The van der Waals surface area contributed by atoms with E-state index in [1.807, 2.05) is 0 Å². The summed E-state index contributed by atoms with van der Waals surface area (Å²) in [6.07, 6.45) is 2.62. The van der Waals surface area contributed by atoms with E-state index in [1.165, 1.54) is 37.2 Å². The Bertz CT molecular complexity index is 743. The molecule has 4 aliphatic heterocycles. The minimum Gasteiger partial charge on any atom is -0.464 e. The molecule has 0 saturated carbocycles. The molecule has 4 aliphatic rings. The number of fused-ring (bicyclic) bond motifs is 4. The largest absolute Gasteiger partial charge is 0.464 e. The van der Waals surface area contributed by atoms with Gasteiger partial charge in [0.2, 0.25) is 0 Å². The third-order valence-electron chi connectivity index (χ3n) is 5.75. The lowest BCUT2D eigenvalue weighted by Crippen LogP contribution is -2.57. The van der Waals surface area contributed by atoms with Crippen LogP contribution in [0.5, 0.6) is 5.75 Å². The van der Waals surface area contributed by atoms with Crippen LogP contribution in [0.4, 0.5) is 5.69 Å². The molecule has 0 aromatic heterocycles. The van der Waals surface area contributed by atoms with Gasteiger partial charge in [0.05, 0.1) is 5.69 Å². The number of hydrogen-bond donors (Lipinski definition) is 0. The Balaban J connectivity index is 1.58. The van der Waals surface area contributed by atoms with Gasteiger partial charge in [-0.1, -0.05) is 46.3 Å². The van der Waals surface area contributed by atoms with Crippen LogP contribution in [0.1, 0.15) is 24.6 Å². The number of hydrogen-bond acceptors (Lipinski definition) is 3. The third kappa shape index (κ3) is 2.35. The van der Waals surface area contributed by atoms with Crippen molar-refractivity contribution in [3.63, 3.8) is 0 Å². The molecule has 2 aromatic rings. The molecule has 2 aromatic carbocycles. The van der Waals surface area contributed by atoms with E-state index >= 15 is 0 Å². The Labute approximate surface area is 151 Å². The van der Waals surface area contributed by atoms with Gasteiger partial charge in [0.15, 0.2) is 6.23 Å². The van der Waals surface area contributed by atoms with E-state index < -0.39 is 0 Å². The van der Waals surface area contributed by atoms with Crippen LogP contribution >= 0.6 is 15.9 Å². The second-order valence-corrected chi connectivity index (χ2v) is 8.02. The fourth-order valence-electron chi connectivity index (χ4n) is 4.55. The van der Waals surface area contributed by atoms with E-state index in [1.54, 1.807) is 0 Å². The number of nitrogens with zero attached hydrogens (tertiary/aromatic N) is 2. The van der Waals surface area contributed by atoms with Gasteiger partial charge in [-0.3, -0.25) is 0 Å². The van der Waals surface area contributed by atoms with Crippen molar-refractivity contribution in [2.45, 2.75) is 25.1 Å². The summed E-state index contributed by atoms with van der Waals surface area (Å²) >= 11 is 3.58. The quantitative estimate of drug-likeness (QED) is 0.760. The lowest BCUT2D eigenvalue weighted by molar-refractivity contribution is 0.0699. The number of rotatable bonds is 2. The van der Waals surface area contributed by atoms with E-state index in [9.17, 15) is 0 Å². The predicted octanol–water partition coefficient (Wildman–Crippen LogP) is 4.44. The molecule has 0 spiro atoms. The number of halogens is 1. The standard InChI is InChI=1S/C20H21BrN2O/c21-16-6-7-17-19(12-16)24-20(15-4-2-1-3-5-15)23(17)18-13-22-10-8-14(18)9-11-22/h1-7,12,14,18,20H,8-11,13H2. The topological polar surface area (TPSA) is 15.7 Å². The van der Waals surface area contributed by atoms with E-state index in [-0.39, 0.29) is 6.23 Å². The molecule has 4 heteroatoms. The highest BCUT2D eigenvalue weighted by Crippen LogP contribution is 2.48. The van der Waals surface area contributed by atoms with Crippen molar-refractivity contribution in [2.75, 3.05) is 24.5 Å². The molecule has 0 amide bonds. The lowest BCUT2D eigenvalue weighted by Gasteiger charge is -2.49.